The molecule has 12 heavy (non-hydrogen) atoms. The molecule has 1 rings (SSSR count). The maximum absolute atomic E-state index is 9.43. The van der Waals surface area contributed by atoms with Gasteiger partial charge < -0.3 is 10.2 Å². The van der Waals surface area contributed by atoms with Crippen molar-refractivity contribution in [3.8, 4) is 0 Å². The number of hydrogen-bond donors (Lipinski definition) is 2. The Bertz CT molecular complexity index is 143. The van der Waals surface area contributed by atoms with Gasteiger partial charge in [0.1, 0.15) is 0 Å². The van der Waals surface area contributed by atoms with Crippen molar-refractivity contribution in [3.05, 3.63) is 12.2 Å². The first kappa shape index (κ1) is 9.75. The molecule has 0 saturated heterocycles. The Hall–Kier alpha value is -0.340. The lowest BCUT2D eigenvalue weighted by molar-refractivity contribution is 0.00897. The molecule has 2 nitrogen and oxygen atoms in total. The van der Waals surface area contributed by atoms with Crippen molar-refractivity contribution < 1.29 is 10.2 Å². The Labute approximate surface area is 73.9 Å². The molecule has 0 aromatic heterocycles. The van der Waals surface area contributed by atoms with Crippen molar-refractivity contribution in [1.82, 2.24) is 0 Å². The molecule has 70 valence electrons. The summed E-state index contributed by atoms with van der Waals surface area (Å²) in [5, 5.41) is 18.8. The molecular weight excluding hydrogens is 152 g/mol. The number of rotatable bonds is 0. The van der Waals surface area contributed by atoms with Crippen molar-refractivity contribution in [2.24, 2.45) is 0 Å². The molecule has 0 radical (unpaired) electrons. The molecule has 0 aromatic rings. The van der Waals surface area contributed by atoms with E-state index < -0.39 is 12.2 Å². The first-order chi connectivity index (χ1) is 5.80. The highest BCUT2D eigenvalue weighted by atomic mass is 16.3. The van der Waals surface area contributed by atoms with Crippen LogP contribution in [0.2, 0.25) is 0 Å². The Morgan fingerprint density at radius 1 is 0.833 bits per heavy atom. The van der Waals surface area contributed by atoms with Crippen molar-refractivity contribution in [2.75, 3.05) is 0 Å². The summed E-state index contributed by atoms with van der Waals surface area (Å²) < 4.78 is 0. The van der Waals surface area contributed by atoms with Crippen LogP contribution in [0.15, 0.2) is 12.2 Å². The summed E-state index contributed by atoms with van der Waals surface area (Å²) in [4.78, 5) is 0. The molecule has 2 unspecified atom stereocenters. The maximum atomic E-state index is 9.43. The van der Waals surface area contributed by atoms with Crippen LogP contribution in [-0.2, 0) is 0 Å². The SMILES string of the molecule is OC1CC/C=C\CCCCC1O. The van der Waals surface area contributed by atoms with Gasteiger partial charge >= 0.3 is 0 Å². The average molecular weight is 170 g/mol. The first-order valence-corrected chi connectivity index (χ1v) is 4.82. The van der Waals surface area contributed by atoms with E-state index in [0.717, 1.165) is 32.1 Å². The Kier molecular flexibility index (Phi) is 4.33. The van der Waals surface area contributed by atoms with Gasteiger partial charge in [0.05, 0.1) is 12.2 Å². The third kappa shape index (κ3) is 3.37. The molecule has 0 bridgehead atoms. The normalized spacial score (nSPS) is 35.8. The molecule has 0 aromatic carbocycles. The van der Waals surface area contributed by atoms with E-state index in [1.807, 2.05) is 0 Å². The van der Waals surface area contributed by atoms with Gasteiger partial charge in [-0.1, -0.05) is 18.6 Å². The van der Waals surface area contributed by atoms with Gasteiger partial charge in [-0.2, -0.15) is 0 Å². The highest BCUT2D eigenvalue weighted by Gasteiger charge is 2.14. The summed E-state index contributed by atoms with van der Waals surface area (Å²) in [7, 11) is 0. The van der Waals surface area contributed by atoms with Crippen LogP contribution in [-0.4, -0.2) is 22.4 Å². The zero-order chi connectivity index (χ0) is 8.81. The molecule has 2 N–H and O–H groups in total. The van der Waals surface area contributed by atoms with Crippen molar-refractivity contribution in [2.45, 2.75) is 50.7 Å². The van der Waals surface area contributed by atoms with Crippen LogP contribution in [0.25, 0.3) is 0 Å². The molecule has 0 heterocycles. The molecule has 1 aliphatic rings. The van der Waals surface area contributed by atoms with Gasteiger partial charge in [-0.25, -0.2) is 0 Å². The fraction of sp³-hybridized carbons (Fsp3) is 0.800. The lowest BCUT2D eigenvalue weighted by Gasteiger charge is -2.17. The minimum Gasteiger partial charge on any atom is -0.390 e. The largest absolute Gasteiger partial charge is 0.390 e. The zero-order valence-electron chi connectivity index (χ0n) is 7.45. The number of aliphatic hydroxyl groups excluding tert-OH is 2. The smallest absolute Gasteiger partial charge is 0.0802 e. The average Bonchev–Trinajstić information content (AvgIpc) is 2.08. The number of hydrogen-bond acceptors (Lipinski definition) is 2. The number of allylic oxidation sites excluding steroid dienone is 2. The standard InChI is InChI=1S/C10H18O2/c11-9-7-5-3-1-2-4-6-8-10(9)12/h1,3,9-12H,2,4-8H2/b3-1-. The predicted octanol–water partition coefficient (Wildman–Crippen LogP) is 1.62. The third-order valence-corrected chi connectivity index (χ3v) is 2.36. The summed E-state index contributed by atoms with van der Waals surface area (Å²) in [6.07, 6.45) is 8.83. The van der Waals surface area contributed by atoms with E-state index in [1.165, 1.54) is 0 Å². The van der Waals surface area contributed by atoms with Gasteiger partial charge in [-0.3, -0.25) is 0 Å². The second kappa shape index (κ2) is 5.33. The van der Waals surface area contributed by atoms with Crippen LogP contribution in [0, 0.1) is 0 Å². The van der Waals surface area contributed by atoms with Crippen LogP contribution in [0.1, 0.15) is 38.5 Å². The van der Waals surface area contributed by atoms with Gasteiger partial charge in [0.25, 0.3) is 0 Å². The van der Waals surface area contributed by atoms with E-state index >= 15 is 0 Å². The molecule has 2 heteroatoms. The van der Waals surface area contributed by atoms with E-state index in [0.29, 0.717) is 6.42 Å². The first-order valence-electron chi connectivity index (χ1n) is 4.82. The number of aliphatic hydroxyl groups is 2. The fourth-order valence-electron chi connectivity index (χ4n) is 1.50. The monoisotopic (exact) mass is 170 g/mol. The van der Waals surface area contributed by atoms with Gasteiger partial charge in [0.15, 0.2) is 0 Å². The van der Waals surface area contributed by atoms with Crippen molar-refractivity contribution in [1.29, 1.82) is 0 Å². The van der Waals surface area contributed by atoms with Crippen LogP contribution >= 0.6 is 0 Å². The molecule has 0 aliphatic heterocycles. The minimum absolute atomic E-state index is 0.503. The summed E-state index contributed by atoms with van der Waals surface area (Å²) in [6.45, 7) is 0. The molecule has 1 aliphatic carbocycles. The van der Waals surface area contributed by atoms with E-state index in [-0.39, 0.29) is 0 Å². The molecular formula is C10H18O2. The molecule has 0 saturated carbocycles. The summed E-state index contributed by atoms with van der Waals surface area (Å²) in [5.74, 6) is 0. The topological polar surface area (TPSA) is 40.5 Å². The lowest BCUT2D eigenvalue weighted by atomic mass is 10.0. The van der Waals surface area contributed by atoms with E-state index in [4.69, 9.17) is 0 Å². The molecule has 0 fully saturated rings. The van der Waals surface area contributed by atoms with Gasteiger partial charge in [-0.15, -0.1) is 0 Å². The lowest BCUT2D eigenvalue weighted by Crippen LogP contribution is -2.25. The van der Waals surface area contributed by atoms with Crippen LogP contribution in [0.3, 0.4) is 0 Å². The minimum atomic E-state index is -0.521. The summed E-state index contributed by atoms with van der Waals surface area (Å²) >= 11 is 0. The Morgan fingerprint density at radius 2 is 1.50 bits per heavy atom. The van der Waals surface area contributed by atoms with Gasteiger partial charge in [0, 0.05) is 0 Å². The van der Waals surface area contributed by atoms with Gasteiger partial charge in [-0.05, 0) is 32.1 Å². The molecule has 2 atom stereocenters. The van der Waals surface area contributed by atoms with Gasteiger partial charge in [0.2, 0.25) is 0 Å². The highest BCUT2D eigenvalue weighted by molar-refractivity contribution is 4.84. The summed E-state index contributed by atoms with van der Waals surface area (Å²) in [5.41, 5.74) is 0. The Balaban J connectivity index is 2.36. The fourth-order valence-corrected chi connectivity index (χ4v) is 1.50. The second-order valence-electron chi connectivity index (χ2n) is 3.47. The zero-order valence-corrected chi connectivity index (χ0v) is 7.45. The van der Waals surface area contributed by atoms with Crippen LogP contribution in [0.5, 0.6) is 0 Å². The van der Waals surface area contributed by atoms with Crippen molar-refractivity contribution in [3.63, 3.8) is 0 Å². The summed E-state index contributed by atoms with van der Waals surface area (Å²) in [6, 6.07) is 0. The Morgan fingerprint density at radius 3 is 2.33 bits per heavy atom. The van der Waals surface area contributed by atoms with Crippen LogP contribution < -0.4 is 0 Å². The van der Waals surface area contributed by atoms with E-state index in [9.17, 15) is 10.2 Å². The predicted molar refractivity (Wildman–Crippen MR) is 48.9 cm³/mol. The second-order valence-corrected chi connectivity index (χ2v) is 3.47. The van der Waals surface area contributed by atoms with Crippen molar-refractivity contribution >= 4 is 0 Å². The molecule has 0 spiro atoms. The third-order valence-electron chi connectivity index (χ3n) is 2.36. The maximum Gasteiger partial charge on any atom is 0.0802 e. The van der Waals surface area contributed by atoms with Crippen LogP contribution in [0.4, 0.5) is 0 Å². The quantitative estimate of drug-likeness (QED) is 0.542. The highest BCUT2D eigenvalue weighted by Crippen LogP contribution is 2.13. The molecule has 0 amide bonds. The van der Waals surface area contributed by atoms with E-state index in [1.54, 1.807) is 0 Å². The van der Waals surface area contributed by atoms with E-state index in [2.05, 4.69) is 12.2 Å².